The van der Waals surface area contributed by atoms with E-state index in [2.05, 4.69) is 36.2 Å². The Balaban J connectivity index is 1.54. The molecule has 0 fully saturated rings. The average molecular weight is 551 g/mol. The largest absolute Gasteiger partial charge is 0.454 e. The number of nitrogens with two attached hydrogens (primary N) is 1. The number of nitrogens with zero attached hydrogens (tertiary/aromatic N) is 1. The third-order valence-corrected chi connectivity index (χ3v) is 8.45. The second-order valence-electron chi connectivity index (χ2n) is 11.0. The third-order valence-electron chi connectivity index (χ3n) is 8.45. The summed E-state index contributed by atoms with van der Waals surface area (Å²) in [4.78, 5) is 31.3. The summed E-state index contributed by atoms with van der Waals surface area (Å²) in [5.41, 5.74) is 12.3. The number of carbonyl (C=O) groups is 2. The minimum absolute atomic E-state index is 0.157. The van der Waals surface area contributed by atoms with E-state index in [4.69, 9.17) is 15.2 Å². The Kier molecular flexibility index (Phi) is 8.79. The maximum atomic E-state index is 13.7. The number of rotatable bonds is 7. The van der Waals surface area contributed by atoms with E-state index in [1.807, 2.05) is 61.7 Å². The number of hydrogen-bond donors (Lipinski definition) is 1. The van der Waals surface area contributed by atoms with Gasteiger partial charge in [0.1, 0.15) is 6.10 Å². The van der Waals surface area contributed by atoms with Crippen LogP contribution in [0.5, 0.6) is 0 Å². The summed E-state index contributed by atoms with van der Waals surface area (Å²) in [6.07, 6.45) is 11.8. The molecule has 6 nitrogen and oxygen atoms in total. The highest BCUT2D eigenvalue weighted by Crippen LogP contribution is 2.46. The van der Waals surface area contributed by atoms with Gasteiger partial charge in [-0.05, 0) is 48.4 Å². The molecule has 4 unspecified atom stereocenters. The van der Waals surface area contributed by atoms with E-state index in [-0.39, 0.29) is 23.7 Å². The third kappa shape index (κ3) is 6.03. The molecule has 0 bridgehead atoms. The van der Waals surface area contributed by atoms with Crippen molar-refractivity contribution in [2.45, 2.75) is 57.2 Å². The van der Waals surface area contributed by atoms with Crippen LogP contribution >= 0.6 is 0 Å². The quantitative estimate of drug-likeness (QED) is 0.344. The normalized spacial score (nSPS) is 25.6. The summed E-state index contributed by atoms with van der Waals surface area (Å²) in [5, 5.41) is 0. The topological polar surface area (TPSA) is 91.0 Å². The van der Waals surface area contributed by atoms with Crippen LogP contribution in [-0.4, -0.2) is 44.0 Å². The molecule has 0 aromatic heterocycles. The van der Waals surface area contributed by atoms with Gasteiger partial charge >= 0.3 is 11.9 Å². The van der Waals surface area contributed by atoms with Crippen molar-refractivity contribution in [2.75, 3.05) is 13.6 Å². The van der Waals surface area contributed by atoms with Crippen LogP contribution in [0, 0.1) is 12.8 Å². The molecule has 0 spiro atoms. The van der Waals surface area contributed by atoms with Crippen LogP contribution in [0.2, 0.25) is 0 Å². The lowest BCUT2D eigenvalue weighted by Gasteiger charge is -2.42. The summed E-state index contributed by atoms with van der Waals surface area (Å²) in [7, 11) is 1.74. The van der Waals surface area contributed by atoms with Gasteiger partial charge in [-0.15, -0.1) is 0 Å². The second kappa shape index (κ2) is 12.6. The fourth-order valence-corrected chi connectivity index (χ4v) is 6.12. The molecule has 0 heterocycles. The molecule has 5 atom stereocenters. The zero-order chi connectivity index (χ0) is 28.9. The highest BCUT2D eigenvalue weighted by Gasteiger charge is 2.47. The molecular weight excluding hydrogens is 512 g/mol. The number of esters is 2. The van der Waals surface area contributed by atoms with Crippen LogP contribution < -0.4 is 5.73 Å². The Labute approximate surface area is 242 Å². The molecule has 6 heteroatoms. The summed E-state index contributed by atoms with van der Waals surface area (Å²) >= 11 is 0. The Morgan fingerprint density at radius 2 is 1.66 bits per heavy atom. The van der Waals surface area contributed by atoms with Crippen molar-refractivity contribution >= 4 is 18.2 Å². The number of fused-ring (bicyclic) bond motifs is 1. The van der Waals surface area contributed by atoms with Crippen LogP contribution in [0.15, 0.2) is 101 Å². The Morgan fingerprint density at radius 1 is 0.951 bits per heavy atom. The highest BCUT2D eigenvalue weighted by atomic mass is 16.6. The molecule has 0 radical (unpaired) electrons. The molecule has 41 heavy (non-hydrogen) atoms. The minimum atomic E-state index is -0.721. The van der Waals surface area contributed by atoms with Crippen molar-refractivity contribution in [1.82, 2.24) is 0 Å². The van der Waals surface area contributed by atoms with Crippen LogP contribution in [0.1, 0.15) is 60.3 Å². The standard InChI is InChI=1S/C35H38N2O4/c1-22-8-4-5-9-28(22)31-30-11-7-6-10-29(30)23(2)32(40-34(38)26-16-12-24(20-36)13-17-26)33(31)41-35(39)27-18-14-25(15-19-27)21-37-3/h4-12,14,16,18-19,21,23,25,31-33H,13,15,17,20,36H2,1-3H3/t23?,25?,31-,32?,33?/m0/s1. The summed E-state index contributed by atoms with van der Waals surface area (Å²) in [5.74, 6) is -1.13. The van der Waals surface area contributed by atoms with Gasteiger partial charge in [-0.1, -0.05) is 91.4 Å². The van der Waals surface area contributed by atoms with Crippen LogP contribution in [0.4, 0.5) is 0 Å². The lowest BCUT2D eigenvalue weighted by Crippen LogP contribution is -2.47. The molecule has 5 rings (SSSR count). The fourth-order valence-electron chi connectivity index (χ4n) is 6.12. The molecule has 2 N–H and O–H groups in total. The molecule has 0 saturated heterocycles. The average Bonchev–Trinajstić information content (AvgIpc) is 3.00. The summed E-state index contributed by atoms with van der Waals surface area (Å²) in [6, 6.07) is 16.3. The van der Waals surface area contributed by atoms with Gasteiger partial charge in [0.05, 0.1) is 11.5 Å². The number of benzene rings is 2. The monoisotopic (exact) mass is 550 g/mol. The van der Waals surface area contributed by atoms with E-state index in [1.165, 1.54) is 0 Å². The lowest BCUT2D eigenvalue weighted by atomic mass is 9.70. The van der Waals surface area contributed by atoms with Gasteiger partial charge < -0.3 is 20.2 Å². The maximum absolute atomic E-state index is 13.7. The molecule has 0 amide bonds. The molecule has 212 valence electrons. The van der Waals surface area contributed by atoms with Gasteiger partial charge in [0, 0.05) is 37.2 Å². The second-order valence-corrected chi connectivity index (χ2v) is 11.0. The van der Waals surface area contributed by atoms with Crippen molar-refractivity contribution in [2.24, 2.45) is 16.6 Å². The van der Waals surface area contributed by atoms with Crippen molar-refractivity contribution in [3.8, 4) is 0 Å². The zero-order valence-electron chi connectivity index (χ0n) is 24.0. The Bertz CT molecular complexity index is 1460. The highest BCUT2D eigenvalue weighted by molar-refractivity contribution is 5.93. The molecule has 3 aliphatic carbocycles. The van der Waals surface area contributed by atoms with Gasteiger partial charge in [-0.2, -0.15) is 0 Å². The van der Waals surface area contributed by atoms with Crippen molar-refractivity contribution in [1.29, 1.82) is 0 Å². The van der Waals surface area contributed by atoms with Crippen molar-refractivity contribution in [3.63, 3.8) is 0 Å². The number of aryl methyl sites for hydroxylation is 1. The lowest BCUT2D eigenvalue weighted by molar-refractivity contribution is -0.167. The summed E-state index contributed by atoms with van der Waals surface area (Å²) < 4.78 is 12.7. The van der Waals surface area contributed by atoms with Crippen LogP contribution in [-0.2, 0) is 19.1 Å². The van der Waals surface area contributed by atoms with E-state index in [1.54, 1.807) is 13.1 Å². The van der Waals surface area contributed by atoms with E-state index in [9.17, 15) is 9.59 Å². The maximum Gasteiger partial charge on any atom is 0.338 e. The first kappa shape index (κ1) is 28.5. The van der Waals surface area contributed by atoms with E-state index >= 15 is 0 Å². The fraction of sp³-hybridized carbons (Fsp3) is 0.343. The van der Waals surface area contributed by atoms with Crippen molar-refractivity contribution in [3.05, 3.63) is 118 Å². The van der Waals surface area contributed by atoms with Gasteiger partial charge in [0.2, 0.25) is 0 Å². The first-order valence-corrected chi connectivity index (χ1v) is 14.4. The predicted octanol–water partition coefficient (Wildman–Crippen LogP) is 5.88. The SMILES string of the molecule is CN=CC1C=CC(C(=O)OC2C(OC(=O)C3=CC=C(CN)CC3)C(C)c3ccccc3[C@@H]2c2ccccc2C)=CC1. The van der Waals surface area contributed by atoms with Gasteiger partial charge in [0.15, 0.2) is 6.10 Å². The van der Waals surface area contributed by atoms with Gasteiger partial charge in [0.25, 0.3) is 0 Å². The number of ether oxygens (including phenoxy) is 2. The minimum Gasteiger partial charge on any atom is -0.454 e. The molecular formula is C35H38N2O4. The Hall–Kier alpha value is -4.03. The number of allylic oxidation sites excluding steroid dienone is 4. The van der Waals surface area contributed by atoms with E-state index in [0.717, 1.165) is 34.2 Å². The van der Waals surface area contributed by atoms with Gasteiger partial charge in [-0.25, -0.2) is 9.59 Å². The Morgan fingerprint density at radius 3 is 2.29 bits per heavy atom. The van der Waals surface area contributed by atoms with E-state index in [0.29, 0.717) is 30.5 Å². The molecule has 3 aliphatic rings. The smallest absolute Gasteiger partial charge is 0.338 e. The number of carbonyl (C=O) groups excluding carboxylic acids is 2. The first-order chi connectivity index (χ1) is 19.9. The number of hydrogen-bond acceptors (Lipinski definition) is 6. The summed E-state index contributed by atoms with van der Waals surface area (Å²) in [6.45, 7) is 4.58. The predicted molar refractivity (Wildman–Crippen MR) is 162 cm³/mol. The van der Waals surface area contributed by atoms with Crippen LogP contribution in [0.3, 0.4) is 0 Å². The molecule has 2 aromatic rings. The first-order valence-electron chi connectivity index (χ1n) is 14.4. The molecule has 0 aliphatic heterocycles. The van der Waals surface area contributed by atoms with Gasteiger partial charge in [-0.3, -0.25) is 0 Å². The molecule has 0 saturated carbocycles. The molecule has 2 aromatic carbocycles. The zero-order valence-corrected chi connectivity index (χ0v) is 24.0. The van der Waals surface area contributed by atoms with Crippen molar-refractivity contribution < 1.29 is 19.1 Å². The number of aliphatic imine (C=N–C) groups is 1. The van der Waals surface area contributed by atoms with Crippen LogP contribution in [0.25, 0.3) is 0 Å². The van der Waals surface area contributed by atoms with E-state index < -0.39 is 18.2 Å².